The summed E-state index contributed by atoms with van der Waals surface area (Å²) in [5, 5.41) is 2.85. The van der Waals surface area contributed by atoms with Crippen LogP contribution in [0, 0.1) is 6.92 Å². The lowest BCUT2D eigenvalue weighted by atomic mass is 10.2. The zero-order valence-electron chi connectivity index (χ0n) is 12.4. The predicted molar refractivity (Wildman–Crippen MR) is 88.1 cm³/mol. The molecule has 1 amide bonds. The van der Waals surface area contributed by atoms with Gasteiger partial charge < -0.3 is 10.1 Å². The number of hydrogen-bond acceptors (Lipinski definition) is 3. The van der Waals surface area contributed by atoms with Gasteiger partial charge in [0.1, 0.15) is 5.75 Å². The molecule has 0 aliphatic rings. The Morgan fingerprint density at radius 3 is 2.29 bits per heavy atom. The Morgan fingerprint density at radius 1 is 1.10 bits per heavy atom. The van der Waals surface area contributed by atoms with Gasteiger partial charge in [0, 0.05) is 10.6 Å². The van der Waals surface area contributed by atoms with Gasteiger partial charge >= 0.3 is 0 Å². The lowest BCUT2D eigenvalue weighted by molar-refractivity contribution is -0.122. The molecule has 0 spiro atoms. The van der Waals surface area contributed by atoms with E-state index in [1.165, 1.54) is 0 Å². The molecule has 2 aromatic carbocycles. The van der Waals surface area contributed by atoms with Gasteiger partial charge in [0.2, 0.25) is 0 Å². The van der Waals surface area contributed by atoms with Gasteiger partial charge in [-0.25, -0.2) is 0 Å². The van der Waals surface area contributed by atoms with Gasteiger partial charge in [0.05, 0.1) is 0 Å². The van der Waals surface area contributed by atoms with Crippen molar-refractivity contribution in [2.24, 2.45) is 0 Å². The highest BCUT2D eigenvalue weighted by Gasteiger charge is 2.14. The molecule has 4 heteroatoms. The summed E-state index contributed by atoms with van der Waals surface area (Å²) in [4.78, 5) is 13.3. The highest BCUT2D eigenvalue weighted by Crippen LogP contribution is 2.18. The fourth-order valence-corrected chi connectivity index (χ4v) is 2.20. The Balaban J connectivity index is 1.93. The standard InChI is InChI=1S/C17H19NO2S/c1-12-4-8-15(9-5-12)20-13(2)17(19)18-14-6-10-16(21-3)11-7-14/h4-11,13H,1-3H3,(H,18,19). The SMILES string of the molecule is CSc1ccc(NC(=O)C(C)Oc2ccc(C)cc2)cc1. The maximum absolute atomic E-state index is 12.1. The summed E-state index contributed by atoms with van der Waals surface area (Å²) in [6.45, 7) is 3.75. The number of hydrogen-bond donors (Lipinski definition) is 1. The van der Waals surface area contributed by atoms with E-state index < -0.39 is 6.10 Å². The number of carbonyl (C=O) groups is 1. The summed E-state index contributed by atoms with van der Waals surface area (Å²) in [5.74, 6) is 0.536. The summed E-state index contributed by atoms with van der Waals surface area (Å²) in [7, 11) is 0. The topological polar surface area (TPSA) is 38.3 Å². The molecule has 110 valence electrons. The predicted octanol–water partition coefficient (Wildman–Crippen LogP) is 4.12. The van der Waals surface area contributed by atoms with E-state index in [1.54, 1.807) is 18.7 Å². The number of amides is 1. The Morgan fingerprint density at radius 2 is 1.71 bits per heavy atom. The second-order valence-corrected chi connectivity index (χ2v) is 5.67. The molecule has 1 N–H and O–H groups in total. The lowest BCUT2D eigenvalue weighted by Crippen LogP contribution is -2.30. The summed E-state index contributed by atoms with van der Waals surface area (Å²) in [6, 6.07) is 15.4. The van der Waals surface area contributed by atoms with E-state index in [9.17, 15) is 4.79 Å². The summed E-state index contributed by atoms with van der Waals surface area (Å²) < 4.78 is 5.63. The molecule has 21 heavy (non-hydrogen) atoms. The molecule has 0 aromatic heterocycles. The Labute approximate surface area is 129 Å². The number of aryl methyl sites for hydroxylation is 1. The molecular formula is C17H19NO2S. The van der Waals surface area contributed by atoms with Crippen LogP contribution >= 0.6 is 11.8 Å². The van der Waals surface area contributed by atoms with Crippen molar-refractivity contribution in [1.29, 1.82) is 0 Å². The molecule has 3 nitrogen and oxygen atoms in total. The van der Waals surface area contributed by atoms with Crippen LogP contribution in [0.2, 0.25) is 0 Å². The normalized spacial score (nSPS) is 11.8. The van der Waals surface area contributed by atoms with Crippen molar-refractivity contribution in [2.75, 3.05) is 11.6 Å². The van der Waals surface area contributed by atoms with Gasteiger partial charge in [-0.2, -0.15) is 0 Å². The molecule has 0 saturated heterocycles. The molecule has 0 bridgehead atoms. The molecule has 0 aliphatic heterocycles. The molecule has 0 heterocycles. The van der Waals surface area contributed by atoms with Gasteiger partial charge in [0.25, 0.3) is 5.91 Å². The van der Waals surface area contributed by atoms with Crippen LogP contribution in [0.4, 0.5) is 5.69 Å². The first-order valence-corrected chi connectivity index (χ1v) is 7.99. The minimum atomic E-state index is -0.548. The fraction of sp³-hybridized carbons (Fsp3) is 0.235. The van der Waals surface area contributed by atoms with E-state index >= 15 is 0 Å². The maximum Gasteiger partial charge on any atom is 0.265 e. The Bertz CT molecular complexity index is 593. The molecule has 2 rings (SSSR count). The quantitative estimate of drug-likeness (QED) is 0.844. The minimum Gasteiger partial charge on any atom is -0.481 e. The van der Waals surface area contributed by atoms with E-state index in [0.29, 0.717) is 5.75 Å². The van der Waals surface area contributed by atoms with E-state index in [2.05, 4.69) is 5.32 Å². The summed E-state index contributed by atoms with van der Waals surface area (Å²) >= 11 is 1.67. The molecule has 1 atom stereocenters. The van der Waals surface area contributed by atoms with E-state index in [4.69, 9.17) is 4.74 Å². The molecule has 0 saturated carbocycles. The van der Waals surface area contributed by atoms with E-state index in [0.717, 1.165) is 16.1 Å². The van der Waals surface area contributed by atoms with Crippen molar-refractivity contribution in [2.45, 2.75) is 24.8 Å². The van der Waals surface area contributed by atoms with Crippen molar-refractivity contribution in [3.05, 3.63) is 54.1 Å². The van der Waals surface area contributed by atoms with Gasteiger partial charge in [-0.15, -0.1) is 11.8 Å². The van der Waals surface area contributed by atoms with Crippen molar-refractivity contribution in [3.8, 4) is 5.75 Å². The third kappa shape index (κ3) is 4.53. The average molecular weight is 301 g/mol. The smallest absolute Gasteiger partial charge is 0.265 e. The number of carbonyl (C=O) groups excluding carboxylic acids is 1. The Kier molecular flexibility index (Phi) is 5.28. The molecule has 0 aliphatic carbocycles. The average Bonchev–Trinajstić information content (AvgIpc) is 2.50. The van der Waals surface area contributed by atoms with Crippen LogP contribution in [-0.4, -0.2) is 18.3 Å². The van der Waals surface area contributed by atoms with Crippen LogP contribution in [-0.2, 0) is 4.79 Å². The van der Waals surface area contributed by atoms with Crippen LogP contribution in [0.3, 0.4) is 0 Å². The Hall–Kier alpha value is -1.94. The molecular weight excluding hydrogens is 282 g/mol. The zero-order chi connectivity index (χ0) is 15.2. The highest BCUT2D eigenvalue weighted by molar-refractivity contribution is 7.98. The van der Waals surface area contributed by atoms with Gasteiger partial charge in [-0.3, -0.25) is 4.79 Å². The maximum atomic E-state index is 12.1. The first-order chi connectivity index (χ1) is 10.1. The van der Waals surface area contributed by atoms with Crippen LogP contribution in [0.15, 0.2) is 53.4 Å². The first-order valence-electron chi connectivity index (χ1n) is 6.77. The van der Waals surface area contributed by atoms with Crippen molar-refractivity contribution in [1.82, 2.24) is 0 Å². The second kappa shape index (κ2) is 7.18. The molecule has 0 radical (unpaired) electrons. The summed E-state index contributed by atoms with van der Waals surface area (Å²) in [6.07, 6.45) is 1.47. The van der Waals surface area contributed by atoms with Crippen molar-refractivity contribution >= 4 is 23.4 Å². The molecule has 2 aromatic rings. The van der Waals surface area contributed by atoms with E-state index in [-0.39, 0.29) is 5.91 Å². The van der Waals surface area contributed by atoms with Gasteiger partial charge in [0.15, 0.2) is 6.10 Å². The zero-order valence-corrected chi connectivity index (χ0v) is 13.2. The van der Waals surface area contributed by atoms with Crippen LogP contribution in [0.1, 0.15) is 12.5 Å². The van der Waals surface area contributed by atoms with Crippen molar-refractivity contribution in [3.63, 3.8) is 0 Å². The minimum absolute atomic E-state index is 0.160. The monoisotopic (exact) mass is 301 g/mol. The largest absolute Gasteiger partial charge is 0.481 e. The number of ether oxygens (including phenoxy) is 1. The van der Waals surface area contributed by atoms with Crippen LogP contribution in [0.25, 0.3) is 0 Å². The number of benzene rings is 2. The first kappa shape index (κ1) is 15.4. The number of rotatable bonds is 5. The number of thioether (sulfide) groups is 1. The van der Waals surface area contributed by atoms with E-state index in [1.807, 2.05) is 61.7 Å². The lowest BCUT2D eigenvalue weighted by Gasteiger charge is -2.15. The van der Waals surface area contributed by atoms with Crippen molar-refractivity contribution < 1.29 is 9.53 Å². The second-order valence-electron chi connectivity index (χ2n) is 4.79. The summed E-state index contributed by atoms with van der Waals surface area (Å²) in [5.41, 5.74) is 1.94. The van der Waals surface area contributed by atoms with Gasteiger partial charge in [-0.1, -0.05) is 17.7 Å². The fourth-order valence-electron chi connectivity index (χ4n) is 1.79. The number of anilines is 1. The van der Waals surface area contributed by atoms with Crippen LogP contribution in [0.5, 0.6) is 5.75 Å². The van der Waals surface area contributed by atoms with Crippen LogP contribution < -0.4 is 10.1 Å². The highest BCUT2D eigenvalue weighted by atomic mass is 32.2. The molecule has 0 fully saturated rings. The molecule has 1 unspecified atom stereocenters. The third-order valence-electron chi connectivity index (χ3n) is 3.06. The van der Waals surface area contributed by atoms with Gasteiger partial charge in [-0.05, 0) is 56.5 Å². The third-order valence-corrected chi connectivity index (χ3v) is 3.80. The number of nitrogens with one attached hydrogen (secondary N) is 1.